The minimum atomic E-state index is -0.462. The highest BCUT2D eigenvalue weighted by Crippen LogP contribution is 2.33. The lowest BCUT2D eigenvalue weighted by Crippen LogP contribution is -2.48. The van der Waals surface area contributed by atoms with Gasteiger partial charge < -0.3 is 14.5 Å². The van der Waals surface area contributed by atoms with Gasteiger partial charge in [-0.25, -0.2) is 0 Å². The molecule has 1 atom stereocenters. The Balaban J connectivity index is 1.71. The van der Waals surface area contributed by atoms with E-state index in [9.17, 15) is 14.9 Å². The number of nitrogens with zero attached hydrogens (tertiary/aromatic N) is 3. The third-order valence-electron chi connectivity index (χ3n) is 4.58. The highest BCUT2D eigenvalue weighted by Gasteiger charge is 2.31. The number of anilines is 1. The zero-order chi connectivity index (χ0) is 17.1. The number of carbonyl (C=O) groups is 1. The molecule has 24 heavy (non-hydrogen) atoms. The molecule has 2 aliphatic rings. The van der Waals surface area contributed by atoms with E-state index in [1.807, 2.05) is 4.90 Å². The van der Waals surface area contributed by atoms with E-state index in [2.05, 4.69) is 4.90 Å². The van der Waals surface area contributed by atoms with E-state index < -0.39 is 4.92 Å². The van der Waals surface area contributed by atoms with Gasteiger partial charge in [0.05, 0.1) is 34.8 Å². The van der Waals surface area contributed by atoms with Crippen molar-refractivity contribution in [3.8, 4) is 0 Å². The van der Waals surface area contributed by atoms with E-state index in [-0.39, 0.29) is 17.5 Å². The third-order valence-corrected chi connectivity index (χ3v) is 4.88. The van der Waals surface area contributed by atoms with E-state index in [4.69, 9.17) is 16.3 Å². The molecule has 0 bridgehead atoms. The van der Waals surface area contributed by atoms with Crippen molar-refractivity contribution >= 4 is 28.9 Å². The number of hydrogen-bond donors (Lipinski definition) is 0. The maximum atomic E-state index is 12.7. The summed E-state index contributed by atoms with van der Waals surface area (Å²) in [6.07, 6.45) is 1.76. The summed E-state index contributed by atoms with van der Waals surface area (Å²) in [5.41, 5.74) is 0.725. The maximum Gasteiger partial charge on any atom is 0.271 e. The first-order valence-electron chi connectivity index (χ1n) is 8.11. The van der Waals surface area contributed by atoms with Crippen molar-refractivity contribution in [1.29, 1.82) is 0 Å². The summed E-state index contributed by atoms with van der Waals surface area (Å²) in [5.74, 6) is 0.101. The molecule has 1 aromatic rings. The zero-order valence-electron chi connectivity index (χ0n) is 13.3. The number of nitro benzene ring substituents is 1. The summed E-state index contributed by atoms with van der Waals surface area (Å²) in [6.45, 7) is 3.87. The highest BCUT2D eigenvalue weighted by molar-refractivity contribution is 6.33. The van der Waals surface area contributed by atoms with Gasteiger partial charge in [0.15, 0.2) is 0 Å². The van der Waals surface area contributed by atoms with Gasteiger partial charge in [-0.3, -0.25) is 14.9 Å². The summed E-state index contributed by atoms with van der Waals surface area (Å²) in [4.78, 5) is 27.0. The van der Waals surface area contributed by atoms with Crippen molar-refractivity contribution in [2.75, 3.05) is 44.3 Å². The average molecular weight is 354 g/mol. The number of non-ortho nitro benzene ring substituents is 1. The van der Waals surface area contributed by atoms with Crippen LogP contribution in [-0.4, -0.2) is 55.1 Å². The highest BCUT2D eigenvalue weighted by atomic mass is 35.5. The standard InChI is InChI=1S/C16H20ClN3O4/c17-14-10-13(20(22)23)3-4-15(14)19-5-1-2-12(11-19)16(21)18-6-8-24-9-7-18/h3-4,10,12H,1-2,5-9,11H2/t12-/m1/s1. The second-order valence-corrected chi connectivity index (χ2v) is 6.52. The molecule has 0 radical (unpaired) electrons. The minimum absolute atomic E-state index is 0.0262. The molecule has 0 aliphatic carbocycles. The fourth-order valence-corrected chi connectivity index (χ4v) is 3.60. The van der Waals surface area contributed by atoms with Crippen LogP contribution in [-0.2, 0) is 9.53 Å². The lowest BCUT2D eigenvalue weighted by molar-refractivity contribution is -0.384. The molecule has 0 unspecified atom stereocenters. The SMILES string of the molecule is O=C([C@@H]1CCCN(c2ccc([N+](=O)[O-])cc2Cl)C1)N1CCOCC1. The van der Waals surface area contributed by atoms with Crippen molar-refractivity contribution in [2.45, 2.75) is 12.8 Å². The molecule has 2 fully saturated rings. The fourth-order valence-electron chi connectivity index (χ4n) is 3.31. The van der Waals surface area contributed by atoms with Crippen LogP contribution in [0.5, 0.6) is 0 Å². The quantitative estimate of drug-likeness (QED) is 0.615. The van der Waals surface area contributed by atoms with Gasteiger partial charge in [0.2, 0.25) is 5.91 Å². The number of hydrogen-bond acceptors (Lipinski definition) is 5. The van der Waals surface area contributed by atoms with E-state index in [1.165, 1.54) is 12.1 Å². The number of nitro groups is 1. The van der Waals surface area contributed by atoms with Crippen LogP contribution in [0.15, 0.2) is 18.2 Å². The lowest BCUT2D eigenvalue weighted by atomic mass is 9.95. The average Bonchev–Trinajstić information content (AvgIpc) is 2.61. The normalized spacial score (nSPS) is 21.6. The lowest BCUT2D eigenvalue weighted by Gasteiger charge is -2.37. The monoisotopic (exact) mass is 353 g/mol. The Hall–Kier alpha value is -1.86. The topological polar surface area (TPSA) is 75.9 Å². The second kappa shape index (κ2) is 7.36. The van der Waals surface area contributed by atoms with E-state index in [0.717, 1.165) is 25.1 Å². The molecule has 1 aromatic carbocycles. The van der Waals surface area contributed by atoms with Crippen LogP contribution >= 0.6 is 11.6 Å². The summed E-state index contributed by atoms with van der Waals surface area (Å²) in [7, 11) is 0. The Labute approximate surface area is 145 Å². The number of piperidine rings is 1. The van der Waals surface area contributed by atoms with Crippen LogP contribution in [0.4, 0.5) is 11.4 Å². The third kappa shape index (κ3) is 3.62. The van der Waals surface area contributed by atoms with Crippen LogP contribution in [0.2, 0.25) is 5.02 Å². The van der Waals surface area contributed by atoms with Gasteiger partial charge in [-0.05, 0) is 18.9 Å². The molecule has 2 saturated heterocycles. The predicted molar refractivity (Wildman–Crippen MR) is 90.4 cm³/mol. The molecule has 0 saturated carbocycles. The van der Waals surface area contributed by atoms with Crippen LogP contribution in [0.25, 0.3) is 0 Å². The van der Waals surface area contributed by atoms with Crippen molar-refractivity contribution in [1.82, 2.24) is 4.90 Å². The summed E-state index contributed by atoms with van der Waals surface area (Å²) >= 11 is 6.22. The van der Waals surface area contributed by atoms with E-state index in [1.54, 1.807) is 6.07 Å². The van der Waals surface area contributed by atoms with Gasteiger partial charge in [-0.15, -0.1) is 0 Å². The predicted octanol–water partition coefficient (Wildman–Crippen LogP) is 2.32. The van der Waals surface area contributed by atoms with Crippen LogP contribution in [0.1, 0.15) is 12.8 Å². The Morgan fingerprint density at radius 3 is 2.71 bits per heavy atom. The van der Waals surface area contributed by atoms with Gasteiger partial charge in [0.25, 0.3) is 5.69 Å². The van der Waals surface area contributed by atoms with Crippen molar-refractivity contribution in [2.24, 2.45) is 5.92 Å². The van der Waals surface area contributed by atoms with E-state index in [0.29, 0.717) is 37.9 Å². The Kier molecular flexibility index (Phi) is 5.20. The molecule has 1 amide bonds. The first-order valence-corrected chi connectivity index (χ1v) is 8.49. The van der Waals surface area contributed by atoms with Crippen molar-refractivity contribution < 1.29 is 14.5 Å². The molecule has 0 N–H and O–H groups in total. The van der Waals surface area contributed by atoms with Gasteiger partial charge in [0, 0.05) is 38.3 Å². The molecule has 0 spiro atoms. The second-order valence-electron chi connectivity index (χ2n) is 6.12. The molecular weight excluding hydrogens is 334 g/mol. The Morgan fingerprint density at radius 2 is 2.04 bits per heavy atom. The summed E-state index contributed by atoms with van der Waals surface area (Å²) in [6, 6.07) is 4.49. The van der Waals surface area contributed by atoms with Crippen LogP contribution in [0, 0.1) is 16.0 Å². The number of amides is 1. The summed E-state index contributed by atoms with van der Waals surface area (Å²) < 4.78 is 5.30. The molecule has 2 heterocycles. The van der Waals surface area contributed by atoms with Gasteiger partial charge >= 0.3 is 0 Å². The smallest absolute Gasteiger partial charge is 0.271 e. The Bertz CT molecular complexity index is 634. The summed E-state index contributed by atoms with van der Waals surface area (Å²) in [5, 5.41) is 11.2. The largest absolute Gasteiger partial charge is 0.378 e. The van der Waals surface area contributed by atoms with Gasteiger partial charge in [-0.1, -0.05) is 11.6 Å². The first kappa shape index (κ1) is 17.0. The molecule has 3 rings (SSSR count). The molecule has 2 aliphatic heterocycles. The van der Waals surface area contributed by atoms with Crippen LogP contribution in [0.3, 0.4) is 0 Å². The van der Waals surface area contributed by atoms with Crippen LogP contribution < -0.4 is 4.90 Å². The maximum absolute atomic E-state index is 12.7. The number of benzene rings is 1. The van der Waals surface area contributed by atoms with E-state index >= 15 is 0 Å². The number of morpholine rings is 1. The zero-order valence-corrected chi connectivity index (χ0v) is 14.1. The molecule has 7 nitrogen and oxygen atoms in total. The van der Waals surface area contributed by atoms with Gasteiger partial charge in [-0.2, -0.15) is 0 Å². The number of rotatable bonds is 3. The number of halogens is 1. The first-order chi connectivity index (χ1) is 11.6. The van der Waals surface area contributed by atoms with Gasteiger partial charge in [0.1, 0.15) is 0 Å². The number of carbonyl (C=O) groups excluding carboxylic acids is 1. The number of ether oxygens (including phenoxy) is 1. The molecule has 8 heteroatoms. The molecule has 130 valence electrons. The minimum Gasteiger partial charge on any atom is -0.378 e. The fraction of sp³-hybridized carbons (Fsp3) is 0.562. The van der Waals surface area contributed by atoms with Crippen molar-refractivity contribution in [3.05, 3.63) is 33.3 Å². The van der Waals surface area contributed by atoms with Crippen molar-refractivity contribution in [3.63, 3.8) is 0 Å². The molecular formula is C16H20ClN3O4. The molecule has 0 aromatic heterocycles. The Morgan fingerprint density at radius 1 is 1.29 bits per heavy atom.